The third kappa shape index (κ3) is 2.41. The minimum absolute atomic E-state index is 0.113. The number of rotatable bonds is 4. The molecule has 0 fully saturated rings. The largest absolute Gasteiger partial charge is 0.339 e. The number of nitrogens with one attached hydrogen (secondary N) is 1. The molecule has 0 unspecified atom stereocenters. The molecule has 2 aromatic rings. The van der Waals surface area contributed by atoms with Gasteiger partial charge in [-0.2, -0.15) is 4.98 Å². The molecular formula is C15H20N4O. The van der Waals surface area contributed by atoms with Crippen LogP contribution in [0.15, 0.2) is 28.8 Å². The number of benzene rings is 1. The van der Waals surface area contributed by atoms with Crippen molar-refractivity contribution in [2.45, 2.75) is 32.9 Å². The second-order valence-electron chi connectivity index (χ2n) is 5.01. The van der Waals surface area contributed by atoms with Crippen LogP contribution >= 0.6 is 0 Å². The molecule has 0 bridgehead atoms. The molecule has 1 aromatic heterocycles. The van der Waals surface area contributed by atoms with Crippen molar-refractivity contribution in [2.75, 3.05) is 18.0 Å². The maximum Gasteiger partial charge on any atom is 0.266 e. The molecule has 106 valence electrons. The molecule has 5 heteroatoms. The van der Waals surface area contributed by atoms with Crippen LogP contribution in [0.25, 0.3) is 0 Å². The summed E-state index contributed by atoms with van der Waals surface area (Å²) in [6.45, 7) is 6.81. The zero-order valence-corrected chi connectivity index (χ0v) is 12.0. The lowest BCUT2D eigenvalue weighted by molar-refractivity contribution is 0.321. The standard InChI is InChI=1S/C15H20N4O/c1-3-19(4-2)15-17-14(20-18-15)13-9-11-7-5-6-8-12(11)10-16-13/h5-8,13,16H,3-4,9-10H2,1-2H3/t13-/m0/s1. The molecule has 1 aliphatic rings. The average molecular weight is 272 g/mol. The Morgan fingerprint density at radius 3 is 2.75 bits per heavy atom. The molecule has 1 N–H and O–H groups in total. The predicted octanol–water partition coefficient (Wildman–Crippen LogP) is 2.30. The molecular weight excluding hydrogens is 252 g/mol. The highest BCUT2D eigenvalue weighted by Gasteiger charge is 2.24. The lowest BCUT2D eigenvalue weighted by Crippen LogP contribution is -2.29. The molecule has 0 saturated carbocycles. The van der Waals surface area contributed by atoms with E-state index in [9.17, 15) is 0 Å². The van der Waals surface area contributed by atoms with E-state index < -0.39 is 0 Å². The Balaban J connectivity index is 1.78. The fourth-order valence-corrected chi connectivity index (χ4v) is 2.63. The SMILES string of the molecule is CCN(CC)c1noc([C@@H]2Cc3ccccc3CN2)n1. The normalized spacial score (nSPS) is 17.8. The molecule has 2 heterocycles. The molecule has 3 rings (SSSR count). The third-order valence-electron chi connectivity index (χ3n) is 3.86. The van der Waals surface area contributed by atoms with E-state index in [-0.39, 0.29) is 6.04 Å². The smallest absolute Gasteiger partial charge is 0.266 e. The average Bonchev–Trinajstić information content (AvgIpc) is 2.98. The Morgan fingerprint density at radius 1 is 1.25 bits per heavy atom. The van der Waals surface area contributed by atoms with Crippen molar-refractivity contribution < 1.29 is 4.52 Å². The van der Waals surface area contributed by atoms with E-state index in [0.717, 1.165) is 26.1 Å². The number of aromatic nitrogens is 2. The molecule has 0 radical (unpaired) electrons. The van der Waals surface area contributed by atoms with Gasteiger partial charge in [-0.05, 0) is 36.6 Å². The van der Waals surface area contributed by atoms with Crippen LogP contribution < -0.4 is 10.2 Å². The van der Waals surface area contributed by atoms with Crippen LogP contribution in [0, 0.1) is 0 Å². The zero-order valence-electron chi connectivity index (χ0n) is 12.0. The first-order valence-electron chi connectivity index (χ1n) is 7.20. The van der Waals surface area contributed by atoms with Crippen LogP contribution in [0.1, 0.15) is 36.9 Å². The van der Waals surface area contributed by atoms with Gasteiger partial charge in [0.2, 0.25) is 5.89 Å². The summed E-state index contributed by atoms with van der Waals surface area (Å²) in [4.78, 5) is 6.62. The molecule has 0 aliphatic carbocycles. The first-order valence-corrected chi connectivity index (χ1v) is 7.20. The fourth-order valence-electron chi connectivity index (χ4n) is 2.63. The zero-order chi connectivity index (χ0) is 13.9. The number of anilines is 1. The van der Waals surface area contributed by atoms with Gasteiger partial charge in [0.15, 0.2) is 0 Å². The van der Waals surface area contributed by atoms with Gasteiger partial charge in [-0.3, -0.25) is 0 Å². The van der Waals surface area contributed by atoms with Crippen LogP contribution in [0.2, 0.25) is 0 Å². The van der Waals surface area contributed by atoms with Crippen molar-refractivity contribution in [3.05, 3.63) is 41.3 Å². The van der Waals surface area contributed by atoms with Crippen molar-refractivity contribution >= 4 is 5.95 Å². The molecule has 0 amide bonds. The summed E-state index contributed by atoms with van der Waals surface area (Å²) in [6.07, 6.45) is 0.899. The van der Waals surface area contributed by atoms with Crippen molar-refractivity contribution in [1.82, 2.24) is 15.5 Å². The molecule has 5 nitrogen and oxygen atoms in total. The molecule has 0 spiro atoms. The predicted molar refractivity (Wildman–Crippen MR) is 77.6 cm³/mol. The van der Waals surface area contributed by atoms with E-state index >= 15 is 0 Å². The Kier molecular flexibility index (Phi) is 3.69. The van der Waals surface area contributed by atoms with Gasteiger partial charge in [0.25, 0.3) is 5.95 Å². The molecule has 20 heavy (non-hydrogen) atoms. The Labute approximate surface area is 119 Å². The summed E-state index contributed by atoms with van der Waals surface area (Å²) in [5.41, 5.74) is 2.71. The summed E-state index contributed by atoms with van der Waals surface area (Å²) in [5.74, 6) is 1.37. The minimum atomic E-state index is 0.113. The lowest BCUT2D eigenvalue weighted by Gasteiger charge is -2.23. The first-order chi connectivity index (χ1) is 9.81. The summed E-state index contributed by atoms with van der Waals surface area (Å²) in [5, 5.41) is 7.55. The molecule has 1 atom stereocenters. The fraction of sp³-hybridized carbons (Fsp3) is 0.467. The van der Waals surface area contributed by atoms with Gasteiger partial charge in [-0.1, -0.05) is 24.3 Å². The van der Waals surface area contributed by atoms with Crippen molar-refractivity contribution in [2.24, 2.45) is 0 Å². The Hall–Kier alpha value is -1.88. The highest BCUT2D eigenvalue weighted by atomic mass is 16.5. The Morgan fingerprint density at radius 2 is 2.00 bits per heavy atom. The van der Waals surface area contributed by atoms with Crippen LogP contribution in [0.3, 0.4) is 0 Å². The maximum absolute atomic E-state index is 5.44. The van der Waals surface area contributed by atoms with Crippen molar-refractivity contribution in [3.8, 4) is 0 Å². The molecule has 1 aliphatic heterocycles. The van der Waals surface area contributed by atoms with Gasteiger partial charge < -0.3 is 14.7 Å². The third-order valence-corrected chi connectivity index (χ3v) is 3.86. The summed E-state index contributed by atoms with van der Waals surface area (Å²) in [6, 6.07) is 8.60. The molecule has 0 saturated heterocycles. The van der Waals surface area contributed by atoms with E-state index in [1.807, 2.05) is 0 Å². The van der Waals surface area contributed by atoms with Crippen molar-refractivity contribution in [3.63, 3.8) is 0 Å². The second kappa shape index (κ2) is 5.63. The molecule has 1 aromatic carbocycles. The van der Waals surface area contributed by atoms with Crippen LogP contribution in [-0.2, 0) is 13.0 Å². The van der Waals surface area contributed by atoms with Gasteiger partial charge in [-0.15, -0.1) is 0 Å². The van der Waals surface area contributed by atoms with Gasteiger partial charge in [-0.25, -0.2) is 0 Å². The monoisotopic (exact) mass is 272 g/mol. The number of fused-ring (bicyclic) bond motifs is 1. The van der Waals surface area contributed by atoms with E-state index in [2.05, 4.69) is 58.5 Å². The van der Waals surface area contributed by atoms with Crippen LogP contribution in [0.4, 0.5) is 5.95 Å². The van der Waals surface area contributed by atoms with Gasteiger partial charge in [0, 0.05) is 19.6 Å². The summed E-state index contributed by atoms with van der Waals surface area (Å²) < 4.78 is 5.44. The van der Waals surface area contributed by atoms with E-state index in [0.29, 0.717) is 11.8 Å². The summed E-state index contributed by atoms with van der Waals surface area (Å²) >= 11 is 0. The number of nitrogens with zero attached hydrogens (tertiary/aromatic N) is 3. The second-order valence-corrected chi connectivity index (χ2v) is 5.01. The van der Waals surface area contributed by atoms with E-state index in [4.69, 9.17) is 4.52 Å². The first kappa shape index (κ1) is 13.1. The maximum atomic E-state index is 5.44. The highest BCUT2D eigenvalue weighted by Crippen LogP contribution is 2.25. The van der Waals surface area contributed by atoms with Gasteiger partial charge in [0.1, 0.15) is 0 Å². The highest BCUT2D eigenvalue weighted by molar-refractivity contribution is 5.32. The van der Waals surface area contributed by atoms with Crippen molar-refractivity contribution in [1.29, 1.82) is 0 Å². The Bertz CT molecular complexity index is 577. The lowest BCUT2D eigenvalue weighted by atomic mass is 9.96. The van der Waals surface area contributed by atoms with Crippen LogP contribution in [0.5, 0.6) is 0 Å². The quantitative estimate of drug-likeness (QED) is 0.925. The summed E-state index contributed by atoms with van der Waals surface area (Å²) in [7, 11) is 0. The topological polar surface area (TPSA) is 54.2 Å². The van der Waals surface area contributed by atoms with Gasteiger partial charge >= 0.3 is 0 Å². The number of hydrogen-bond donors (Lipinski definition) is 1. The van der Waals surface area contributed by atoms with E-state index in [1.165, 1.54) is 11.1 Å². The number of hydrogen-bond acceptors (Lipinski definition) is 5. The van der Waals surface area contributed by atoms with E-state index in [1.54, 1.807) is 0 Å². The van der Waals surface area contributed by atoms with Crippen LogP contribution in [-0.4, -0.2) is 23.2 Å². The van der Waals surface area contributed by atoms with Gasteiger partial charge in [0.05, 0.1) is 6.04 Å². The minimum Gasteiger partial charge on any atom is -0.339 e.